The highest BCUT2D eigenvalue weighted by Gasteiger charge is 2.18. The number of pyridine rings is 1. The first-order valence-corrected chi connectivity index (χ1v) is 7.72. The van der Waals surface area contributed by atoms with Crippen LogP contribution in [0.5, 0.6) is 0 Å². The highest BCUT2D eigenvalue weighted by atomic mass is 16.3. The fraction of sp³-hybridized carbons (Fsp3) is 0.412. The van der Waals surface area contributed by atoms with Crippen molar-refractivity contribution >= 4 is 11.7 Å². The van der Waals surface area contributed by atoms with Crippen molar-refractivity contribution in [2.45, 2.75) is 32.9 Å². The molecule has 1 atom stereocenters. The van der Waals surface area contributed by atoms with Crippen molar-refractivity contribution in [2.75, 3.05) is 11.4 Å². The lowest BCUT2D eigenvalue weighted by Gasteiger charge is -2.23. The van der Waals surface area contributed by atoms with Gasteiger partial charge in [-0.2, -0.15) is 0 Å². The van der Waals surface area contributed by atoms with E-state index in [2.05, 4.69) is 10.3 Å². The molecular weight excluding hydrogens is 294 g/mol. The fourth-order valence-corrected chi connectivity index (χ4v) is 2.28. The molecule has 0 radical (unpaired) electrons. The summed E-state index contributed by atoms with van der Waals surface area (Å²) < 4.78 is 5.32. The SMILES string of the molecule is CC(C)CC(O)CNC(=O)N(Cc1ccco1)c1cccnc1. The summed E-state index contributed by atoms with van der Waals surface area (Å²) in [7, 11) is 0. The monoisotopic (exact) mass is 317 g/mol. The molecule has 6 heteroatoms. The van der Waals surface area contributed by atoms with Crippen LogP contribution < -0.4 is 10.2 Å². The lowest BCUT2D eigenvalue weighted by Crippen LogP contribution is -2.43. The first-order chi connectivity index (χ1) is 11.1. The van der Waals surface area contributed by atoms with Gasteiger partial charge in [-0.1, -0.05) is 13.8 Å². The van der Waals surface area contributed by atoms with Gasteiger partial charge in [0.25, 0.3) is 0 Å². The minimum atomic E-state index is -0.557. The number of urea groups is 1. The van der Waals surface area contributed by atoms with Crippen LogP contribution in [0, 0.1) is 5.92 Å². The van der Waals surface area contributed by atoms with Gasteiger partial charge in [0.15, 0.2) is 0 Å². The first-order valence-electron chi connectivity index (χ1n) is 7.72. The van der Waals surface area contributed by atoms with Crippen molar-refractivity contribution in [3.63, 3.8) is 0 Å². The van der Waals surface area contributed by atoms with Gasteiger partial charge in [-0.15, -0.1) is 0 Å². The Balaban J connectivity index is 2.03. The van der Waals surface area contributed by atoms with Crippen LogP contribution in [-0.2, 0) is 6.54 Å². The number of hydrogen-bond donors (Lipinski definition) is 2. The fourth-order valence-electron chi connectivity index (χ4n) is 2.28. The summed E-state index contributed by atoms with van der Waals surface area (Å²) >= 11 is 0. The van der Waals surface area contributed by atoms with Crippen LogP contribution in [0.25, 0.3) is 0 Å². The van der Waals surface area contributed by atoms with Gasteiger partial charge in [0.2, 0.25) is 0 Å². The van der Waals surface area contributed by atoms with Crippen LogP contribution in [0.4, 0.5) is 10.5 Å². The maximum Gasteiger partial charge on any atom is 0.322 e. The number of rotatable bonds is 7. The first kappa shape index (κ1) is 17.0. The van der Waals surface area contributed by atoms with Crippen LogP contribution in [0.2, 0.25) is 0 Å². The van der Waals surface area contributed by atoms with Gasteiger partial charge < -0.3 is 14.8 Å². The van der Waals surface area contributed by atoms with Crippen molar-refractivity contribution in [3.8, 4) is 0 Å². The summed E-state index contributed by atoms with van der Waals surface area (Å²) in [5.74, 6) is 1.05. The molecule has 2 heterocycles. The maximum atomic E-state index is 12.5. The molecule has 0 aliphatic heterocycles. The Bertz CT molecular complexity index is 584. The average molecular weight is 317 g/mol. The van der Waals surface area contributed by atoms with Gasteiger partial charge in [0.05, 0.1) is 30.8 Å². The molecule has 0 saturated carbocycles. The molecule has 0 spiro atoms. The molecular formula is C17H23N3O3. The molecule has 6 nitrogen and oxygen atoms in total. The lowest BCUT2D eigenvalue weighted by atomic mass is 10.1. The third kappa shape index (κ3) is 5.41. The molecule has 2 aromatic rings. The number of carbonyl (C=O) groups is 1. The van der Waals surface area contributed by atoms with E-state index in [4.69, 9.17) is 4.42 Å². The Labute approximate surface area is 136 Å². The van der Waals surface area contributed by atoms with Gasteiger partial charge in [0, 0.05) is 12.7 Å². The molecule has 0 fully saturated rings. The number of nitrogens with zero attached hydrogens (tertiary/aromatic N) is 2. The summed E-state index contributed by atoms with van der Waals surface area (Å²) in [6.45, 7) is 4.57. The summed E-state index contributed by atoms with van der Waals surface area (Å²) in [6, 6.07) is 6.87. The van der Waals surface area contributed by atoms with Crippen LogP contribution >= 0.6 is 0 Å². The third-order valence-electron chi connectivity index (χ3n) is 3.33. The predicted molar refractivity (Wildman–Crippen MR) is 88.0 cm³/mol. The molecule has 0 saturated heterocycles. The van der Waals surface area contributed by atoms with Crippen LogP contribution in [0.3, 0.4) is 0 Å². The maximum absolute atomic E-state index is 12.5. The number of furan rings is 1. The summed E-state index contributed by atoms with van der Waals surface area (Å²) in [5, 5.41) is 12.7. The van der Waals surface area contributed by atoms with Gasteiger partial charge in [-0.05, 0) is 36.6 Å². The van der Waals surface area contributed by atoms with Gasteiger partial charge >= 0.3 is 6.03 Å². The van der Waals surface area contributed by atoms with Crippen molar-refractivity contribution in [2.24, 2.45) is 5.92 Å². The van der Waals surface area contributed by atoms with Gasteiger partial charge in [0.1, 0.15) is 5.76 Å². The zero-order valence-electron chi connectivity index (χ0n) is 13.5. The Morgan fingerprint density at radius 2 is 2.22 bits per heavy atom. The van der Waals surface area contributed by atoms with Gasteiger partial charge in [-0.3, -0.25) is 9.88 Å². The van der Waals surface area contributed by atoms with E-state index in [1.165, 1.54) is 4.90 Å². The second-order valence-electron chi connectivity index (χ2n) is 5.85. The molecule has 2 N–H and O–H groups in total. The van der Waals surface area contributed by atoms with E-state index in [0.29, 0.717) is 30.3 Å². The van der Waals surface area contributed by atoms with Crippen LogP contribution in [0.15, 0.2) is 47.3 Å². The number of anilines is 1. The highest BCUT2D eigenvalue weighted by Crippen LogP contribution is 2.16. The lowest BCUT2D eigenvalue weighted by molar-refractivity contribution is 0.147. The van der Waals surface area contributed by atoms with E-state index in [1.54, 1.807) is 36.9 Å². The average Bonchev–Trinajstić information content (AvgIpc) is 3.03. The van der Waals surface area contributed by atoms with Crippen LogP contribution in [0.1, 0.15) is 26.0 Å². The second-order valence-corrected chi connectivity index (χ2v) is 5.85. The third-order valence-corrected chi connectivity index (χ3v) is 3.33. The van der Waals surface area contributed by atoms with E-state index in [-0.39, 0.29) is 12.6 Å². The summed E-state index contributed by atoms with van der Waals surface area (Å²) in [6.07, 6.45) is 4.93. The number of hydrogen-bond acceptors (Lipinski definition) is 4. The number of carbonyl (C=O) groups excluding carboxylic acids is 1. The minimum Gasteiger partial charge on any atom is -0.467 e. The number of aliphatic hydroxyl groups excluding tert-OH is 1. The van der Waals surface area contributed by atoms with E-state index in [1.807, 2.05) is 19.9 Å². The zero-order chi connectivity index (χ0) is 16.7. The quantitative estimate of drug-likeness (QED) is 0.823. The molecule has 124 valence electrons. The Kier molecular flexibility index (Phi) is 6.17. The molecule has 0 aromatic carbocycles. The molecule has 0 aliphatic rings. The Hall–Kier alpha value is -2.34. The van der Waals surface area contributed by atoms with Gasteiger partial charge in [-0.25, -0.2) is 4.79 Å². The second kappa shape index (κ2) is 8.33. The van der Waals surface area contributed by atoms with E-state index >= 15 is 0 Å². The Morgan fingerprint density at radius 3 is 2.83 bits per heavy atom. The van der Waals surface area contributed by atoms with E-state index in [0.717, 1.165) is 0 Å². The molecule has 23 heavy (non-hydrogen) atoms. The van der Waals surface area contributed by atoms with Crippen molar-refractivity contribution < 1.29 is 14.3 Å². The highest BCUT2D eigenvalue weighted by molar-refractivity contribution is 5.91. The zero-order valence-corrected chi connectivity index (χ0v) is 13.5. The Morgan fingerprint density at radius 1 is 1.39 bits per heavy atom. The van der Waals surface area contributed by atoms with E-state index < -0.39 is 6.10 Å². The number of aromatic nitrogens is 1. The van der Waals surface area contributed by atoms with E-state index in [9.17, 15) is 9.90 Å². The molecule has 1 unspecified atom stereocenters. The summed E-state index contributed by atoms with van der Waals surface area (Å²) in [5.41, 5.74) is 0.666. The number of nitrogens with one attached hydrogen (secondary N) is 1. The summed E-state index contributed by atoms with van der Waals surface area (Å²) in [4.78, 5) is 18.1. The van der Waals surface area contributed by atoms with Crippen molar-refractivity contribution in [1.82, 2.24) is 10.3 Å². The number of aliphatic hydroxyl groups is 1. The molecule has 0 aliphatic carbocycles. The molecule has 2 aromatic heterocycles. The smallest absolute Gasteiger partial charge is 0.322 e. The van der Waals surface area contributed by atoms with Crippen molar-refractivity contribution in [3.05, 3.63) is 48.7 Å². The standard InChI is InChI=1S/C17H23N3O3/c1-13(2)9-15(21)11-19-17(22)20(12-16-6-4-8-23-16)14-5-3-7-18-10-14/h3-8,10,13,15,21H,9,11-12H2,1-2H3,(H,19,22). The largest absolute Gasteiger partial charge is 0.467 e. The molecule has 0 bridgehead atoms. The number of amides is 2. The van der Waals surface area contributed by atoms with Crippen LogP contribution in [-0.4, -0.2) is 28.8 Å². The van der Waals surface area contributed by atoms with Crippen molar-refractivity contribution in [1.29, 1.82) is 0 Å². The molecule has 2 amide bonds. The molecule has 2 rings (SSSR count). The normalized spacial score (nSPS) is 12.2. The topological polar surface area (TPSA) is 78.6 Å². The predicted octanol–water partition coefficient (Wildman–Crippen LogP) is 2.80. The minimum absolute atomic E-state index is 0.214.